The highest BCUT2D eigenvalue weighted by Gasteiger charge is 2.22. The summed E-state index contributed by atoms with van der Waals surface area (Å²) >= 11 is 0. The number of nitrogens with one attached hydrogen (secondary N) is 1. The first-order valence-corrected chi connectivity index (χ1v) is 8.26. The molecule has 1 aliphatic rings. The van der Waals surface area contributed by atoms with E-state index in [-0.39, 0.29) is 56.9 Å². The summed E-state index contributed by atoms with van der Waals surface area (Å²) < 4.78 is 15.5. The largest absolute Gasteiger partial charge is 0.481 e. The number of aliphatic carboxylic acids is 1. The Morgan fingerprint density at radius 2 is 1.38 bits per heavy atom. The normalized spacial score (nSPS) is 13.5. The number of carbonyl (C=O) groups is 4. The van der Waals surface area contributed by atoms with Crippen LogP contribution in [0.1, 0.15) is 12.8 Å². The third-order valence-electron chi connectivity index (χ3n) is 3.24. The van der Waals surface area contributed by atoms with Crippen molar-refractivity contribution in [2.75, 3.05) is 52.7 Å². The standard InChI is InChI=1S/C16H24N2O8/c19-13(17-5-6-18-14(20)1-2-15(18)21)3-7-24-9-11-26-12-10-25-8-4-16(22)23/h1-2H,3-12H2,(H,17,19)(H,22,23). The first-order chi connectivity index (χ1) is 12.5. The molecule has 26 heavy (non-hydrogen) atoms. The predicted molar refractivity (Wildman–Crippen MR) is 88.2 cm³/mol. The van der Waals surface area contributed by atoms with Crippen LogP contribution in [0.5, 0.6) is 0 Å². The molecule has 0 atom stereocenters. The molecule has 0 aliphatic carbocycles. The molecule has 1 aliphatic heterocycles. The number of ether oxygens (including phenoxy) is 3. The van der Waals surface area contributed by atoms with E-state index in [4.69, 9.17) is 19.3 Å². The number of hydrogen-bond acceptors (Lipinski definition) is 7. The number of carbonyl (C=O) groups excluding carboxylic acids is 3. The summed E-state index contributed by atoms with van der Waals surface area (Å²) in [5.74, 6) is -1.89. The van der Waals surface area contributed by atoms with Crippen molar-refractivity contribution >= 4 is 23.7 Å². The van der Waals surface area contributed by atoms with Gasteiger partial charge >= 0.3 is 5.97 Å². The molecule has 10 heteroatoms. The molecule has 0 fully saturated rings. The number of carboxylic acids is 1. The average Bonchev–Trinajstić information content (AvgIpc) is 2.91. The van der Waals surface area contributed by atoms with Crippen LogP contribution >= 0.6 is 0 Å². The highest BCUT2D eigenvalue weighted by Crippen LogP contribution is 2.01. The van der Waals surface area contributed by atoms with Gasteiger partial charge in [-0.05, 0) is 0 Å². The second kappa shape index (κ2) is 13.0. The number of rotatable bonds is 15. The van der Waals surface area contributed by atoms with Crippen LogP contribution in [-0.2, 0) is 33.4 Å². The molecule has 0 saturated carbocycles. The second-order valence-corrected chi connectivity index (χ2v) is 5.24. The maximum absolute atomic E-state index is 11.6. The lowest BCUT2D eigenvalue weighted by atomic mass is 10.4. The van der Waals surface area contributed by atoms with Crippen LogP contribution in [0.3, 0.4) is 0 Å². The smallest absolute Gasteiger partial charge is 0.305 e. The highest BCUT2D eigenvalue weighted by molar-refractivity contribution is 6.12. The number of carboxylic acid groups (broad SMARTS) is 1. The Hall–Kier alpha value is -2.30. The van der Waals surface area contributed by atoms with Gasteiger partial charge in [-0.1, -0.05) is 0 Å². The number of amides is 3. The summed E-state index contributed by atoms with van der Waals surface area (Å²) in [5, 5.41) is 11.0. The molecule has 0 spiro atoms. The average molecular weight is 372 g/mol. The van der Waals surface area contributed by atoms with Gasteiger partial charge in [0.15, 0.2) is 0 Å². The first kappa shape index (κ1) is 21.7. The number of nitrogens with zero attached hydrogens (tertiary/aromatic N) is 1. The fourth-order valence-electron chi connectivity index (χ4n) is 1.91. The van der Waals surface area contributed by atoms with Crippen LogP contribution in [0.4, 0.5) is 0 Å². The number of imide groups is 1. The van der Waals surface area contributed by atoms with E-state index in [2.05, 4.69) is 5.32 Å². The Morgan fingerprint density at radius 3 is 1.92 bits per heavy atom. The van der Waals surface area contributed by atoms with Gasteiger partial charge in [0.2, 0.25) is 5.91 Å². The molecule has 0 aromatic rings. The minimum atomic E-state index is -0.904. The summed E-state index contributed by atoms with van der Waals surface area (Å²) in [4.78, 5) is 45.5. The molecule has 2 N–H and O–H groups in total. The van der Waals surface area contributed by atoms with Crippen molar-refractivity contribution in [3.8, 4) is 0 Å². The molecule has 146 valence electrons. The van der Waals surface area contributed by atoms with E-state index in [1.54, 1.807) is 0 Å². The maximum atomic E-state index is 11.6. The Balaban J connectivity index is 1.86. The van der Waals surface area contributed by atoms with Gasteiger partial charge in [-0.25, -0.2) is 0 Å². The lowest BCUT2D eigenvalue weighted by molar-refractivity contribution is -0.139. The zero-order valence-electron chi connectivity index (χ0n) is 14.5. The van der Waals surface area contributed by atoms with E-state index in [0.29, 0.717) is 26.4 Å². The van der Waals surface area contributed by atoms with Crippen LogP contribution < -0.4 is 5.32 Å². The first-order valence-electron chi connectivity index (χ1n) is 8.26. The van der Waals surface area contributed by atoms with Crippen LogP contribution in [0.15, 0.2) is 12.2 Å². The topological polar surface area (TPSA) is 131 Å². The fourth-order valence-corrected chi connectivity index (χ4v) is 1.91. The van der Waals surface area contributed by atoms with E-state index >= 15 is 0 Å². The van der Waals surface area contributed by atoms with E-state index in [9.17, 15) is 19.2 Å². The van der Waals surface area contributed by atoms with Crippen molar-refractivity contribution in [2.45, 2.75) is 12.8 Å². The molecule has 1 rings (SSSR count). The molecule has 0 bridgehead atoms. The minimum absolute atomic E-state index is 0.0350. The van der Waals surface area contributed by atoms with Crippen molar-refractivity contribution in [1.29, 1.82) is 0 Å². The van der Waals surface area contributed by atoms with Gasteiger partial charge < -0.3 is 24.6 Å². The van der Waals surface area contributed by atoms with Gasteiger partial charge in [0.1, 0.15) is 0 Å². The lowest BCUT2D eigenvalue weighted by Gasteiger charge is -2.14. The van der Waals surface area contributed by atoms with Gasteiger partial charge in [0, 0.05) is 31.7 Å². The van der Waals surface area contributed by atoms with E-state index in [1.165, 1.54) is 12.2 Å². The van der Waals surface area contributed by atoms with Crippen LogP contribution in [-0.4, -0.2) is 86.4 Å². The minimum Gasteiger partial charge on any atom is -0.481 e. The summed E-state index contributed by atoms with van der Waals surface area (Å²) in [6.07, 6.45) is 2.52. The summed E-state index contributed by atoms with van der Waals surface area (Å²) in [6.45, 7) is 2.04. The van der Waals surface area contributed by atoms with Gasteiger partial charge in [0.25, 0.3) is 11.8 Å². The summed E-state index contributed by atoms with van der Waals surface area (Å²) in [6, 6.07) is 0. The van der Waals surface area contributed by atoms with E-state index in [0.717, 1.165) is 4.90 Å². The molecular formula is C16H24N2O8. The Kier molecular flexibility index (Phi) is 10.9. The van der Waals surface area contributed by atoms with Crippen molar-refractivity contribution in [3.05, 3.63) is 12.2 Å². The molecule has 0 saturated heterocycles. The number of hydrogen-bond donors (Lipinski definition) is 2. The molecule has 0 aromatic heterocycles. The Bertz CT molecular complexity index is 502. The monoisotopic (exact) mass is 372 g/mol. The van der Waals surface area contributed by atoms with E-state index in [1.807, 2.05) is 0 Å². The van der Waals surface area contributed by atoms with Gasteiger partial charge in [-0.15, -0.1) is 0 Å². The molecule has 0 aromatic carbocycles. The van der Waals surface area contributed by atoms with Crippen LogP contribution in [0, 0.1) is 0 Å². The second-order valence-electron chi connectivity index (χ2n) is 5.24. The highest BCUT2D eigenvalue weighted by atomic mass is 16.5. The quantitative estimate of drug-likeness (QED) is 0.275. The molecule has 3 amide bonds. The third-order valence-corrected chi connectivity index (χ3v) is 3.24. The van der Waals surface area contributed by atoms with Gasteiger partial charge in [0.05, 0.1) is 46.1 Å². The fraction of sp³-hybridized carbons (Fsp3) is 0.625. The molecule has 10 nitrogen and oxygen atoms in total. The Labute approximate surface area is 151 Å². The van der Waals surface area contributed by atoms with Crippen molar-refractivity contribution in [2.24, 2.45) is 0 Å². The molecule has 1 heterocycles. The third kappa shape index (κ3) is 9.87. The summed E-state index contributed by atoms with van der Waals surface area (Å²) in [5.41, 5.74) is 0. The molecule has 0 unspecified atom stereocenters. The van der Waals surface area contributed by atoms with Crippen LogP contribution in [0.25, 0.3) is 0 Å². The Morgan fingerprint density at radius 1 is 0.885 bits per heavy atom. The zero-order valence-corrected chi connectivity index (χ0v) is 14.5. The van der Waals surface area contributed by atoms with Crippen molar-refractivity contribution < 1.29 is 38.5 Å². The predicted octanol–water partition coefficient (Wildman–Crippen LogP) is -1.06. The van der Waals surface area contributed by atoms with Crippen molar-refractivity contribution in [1.82, 2.24) is 10.2 Å². The maximum Gasteiger partial charge on any atom is 0.305 e. The summed E-state index contributed by atoms with van der Waals surface area (Å²) in [7, 11) is 0. The van der Waals surface area contributed by atoms with Gasteiger partial charge in [-0.3, -0.25) is 24.1 Å². The van der Waals surface area contributed by atoms with Crippen LogP contribution in [0.2, 0.25) is 0 Å². The van der Waals surface area contributed by atoms with E-state index < -0.39 is 5.97 Å². The SMILES string of the molecule is O=C(O)CCOCCOCCOCCC(=O)NCCN1C(=O)C=CC1=O. The molecular weight excluding hydrogens is 348 g/mol. The zero-order chi connectivity index (χ0) is 19.2. The van der Waals surface area contributed by atoms with Gasteiger partial charge in [-0.2, -0.15) is 0 Å². The lowest BCUT2D eigenvalue weighted by Crippen LogP contribution is -2.38. The molecule has 0 radical (unpaired) electrons. The van der Waals surface area contributed by atoms with Crippen molar-refractivity contribution in [3.63, 3.8) is 0 Å².